The van der Waals surface area contributed by atoms with Crippen LogP contribution in [0.1, 0.15) is 22.5 Å². The number of benzene rings is 2. The fourth-order valence-electron chi connectivity index (χ4n) is 5.58. The predicted molar refractivity (Wildman–Crippen MR) is 146 cm³/mol. The molecule has 4 aromatic heterocycles. The summed E-state index contributed by atoms with van der Waals surface area (Å²) in [7, 11) is 0. The first-order valence-corrected chi connectivity index (χ1v) is 12.5. The third-order valence-electron chi connectivity index (χ3n) is 7.27. The van der Waals surface area contributed by atoms with Gasteiger partial charge in [0.1, 0.15) is 5.41 Å². The van der Waals surface area contributed by atoms with Gasteiger partial charge in [0.2, 0.25) is 11.9 Å². The lowest BCUT2D eigenvalue weighted by molar-refractivity contribution is 0.583. The lowest BCUT2D eigenvalue weighted by Crippen LogP contribution is -2.31. The van der Waals surface area contributed by atoms with Gasteiger partial charge >= 0.3 is 0 Å². The van der Waals surface area contributed by atoms with Crippen LogP contribution in [0.15, 0.2) is 122 Å². The van der Waals surface area contributed by atoms with E-state index in [4.69, 9.17) is 9.97 Å². The molecule has 0 saturated heterocycles. The Morgan fingerprint density at radius 1 is 0.462 bits per heavy atom. The van der Waals surface area contributed by atoms with Crippen LogP contribution in [0.25, 0.3) is 33.6 Å². The van der Waals surface area contributed by atoms with Gasteiger partial charge in [0.25, 0.3) is 0 Å². The Balaban J connectivity index is 1.53. The molecule has 7 rings (SSSR count). The van der Waals surface area contributed by atoms with Gasteiger partial charge in [0.05, 0.1) is 22.8 Å². The van der Waals surface area contributed by atoms with Gasteiger partial charge in [-0.15, -0.1) is 0 Å². The molecule has 0 unspecified atom stereocenters. The summed E-state index contributed by atoms with van der Waals surface area (Å²) >= 11 is 0. The molecule has 0 fully saturated rings. The zero-order valence-electron chi connectivity index (χ0n) is 20.6. The monoisotopic (exact) mass is 510 g/mol. The van der Waals surface area contributed by atoms with Gasteiger partial charge in [-0.05, 0) is 70.8 Å². The zero-order valence-corrected chi connectivity index (χ0v) is 20.6. The summed E-state index contributed by atoms with van der Waals surface area (Å²) in [4.78, 5) is 18.0. The van der Waals surface area contributed by atoms with Crippen molar-refractivity contribution < 1.29 is 8.78 Å². The number of halogens is 2. The molecule has 0 saturated carbocycles. The molecule has 6 heteroatoms. The first kappa shape index (κ1) is 23.0. The second-order valence-corrected chi connectivity index (χ2v) is 9.40. The Bertz CT molecular complexity index is 1700. The van der Waals surface area contributed by atoms with Gasteiger partial charge < -0.3 is 0 Å². The van der Waals surface area contributed by atoms with Crippen LogP contribution in [0.2, 0.25) is 0 Å². The van der Waals surface area contributed by atoms with Crippen LogP contribution in [0.3, 0.4) is 0 Å². The first-order chi connectivity index (χ1) is 19.1. The summed E-state index contributed by atoms with van der Waals surface area (Å²) in [6.45, 7) is 0. The van der Waals surface area contributed by atoms with Gasteiger partial charge in [0, 0.05) is 23.5 Å². The van der Waals surface area contributed by atoms with Crippen LogP contribution in [0.5, 0.6) is 0 Å². The van der Waals surface area contributed by atoms with E-state index in [-0.39, 0.29) is 0 Å². The van der Waals surface area contributed by atoms with Gasteiger partial charge in [-0.3, -0.25) is 9.97 Å². The molecule has 0 atom stereocenters. The summed E-state index contributed by atoms with van der Waals surface area (Å²) in [6.07, 6.45) is 2.98. The van der Waals surface area contributed by atoms with Crippen LogP contribution < -0.4 is 0 Å². The topological polar surface area (TPSA) is 51.6 Å². The Hall–Kier alpha value is -5.10. The SMILES string of the molecule is Fc1ccc(-c2cccc(C3(c4cccc(-c5ccc(F)nc5)n4)c4ccccc4-c4ccccc43)n2)cn1. The molecule has 0 amide bonds. The molecule has 4 heterocycles. The number of nitrogens with zero attached hydrogens (tertiary/aromatic N) is 4. The number of aromatic nitrogens is 4. The lowest BCUT2D eigenvalue weighted by Gasteiger charge is -2.32. The zero-order chi connectivity index (χ0) is 26.4. The van der Waals surface area contributed by atoms with Crippen molar-refractivity contribution in [3.63, 3.8) is 0 Å². The minimum Gasteiger partial charge on any atom is -0.251 e. The normalized spacial score (nSPS) is 13.1. The summed E-state index contributed by atoms with van der Waals surface area (Å²) in [5, 5.41) is 0. The van der Waals surface area contributed by atoms with E-state index in [1.165, 1.54) is 24.5 Å². The van der Waals surface area contributed by atoms with Gasteiger partial charge in [-0.1, -0.05) is 60.7 Å². The number of rotatable bonds is 4. The number of hydrogen-bond donors (Lipinski definition) is 0. The average Bonchev–Trinajstić information content (AvgIpc) is 3.29. The largest absolute Gasteiger partial charge is 0.251 e. The molecular weight excluding hydrogens is 490 g/mol. The lowest BCUT2D eigenvalue weighted by atomic mass is 9.72. The maximum absolute atomic E-state index is 13.6. The summed E-state index contributed by atoms with van der Waals surface area (Å²) in [5.41, 5.74) is 7.87. The van der Waals surface area contributed by atoms with E-state index in [1.54, 1.807) is 12.1 Å². The van der Waals surface area contributed by atoms with Gasteiger partial charge in [-0.2, -0.15) is 8.78 Å². The smallest absolute Gasteiger partial charge is 0.212 e. The molecule has 4 nitrogen and oxygen atoms in total. The second kappa shape index (κ2) is 9.03. The number of fused-ring (bicyclic) bond motifs is 3. The van der Waals surface area contributed by atoms with E-state index in [2.05, 4.69) is 34.2 Å². The Labute approximate surface area is 223 Å². The van der Waals surface area contributed by atoms with Crippen LogP contribution in [-0.2, 0) is 5.41 Å². The molecular formula is C33H20F2N4. The van der Waals surface area contributed by atoms with Crippen molar-refractivity contribution in [1.82, 2.24) is 19.9 Å². The average molecular weight is 511 g/mol. The molecule has 0 N–H and O–H groups in total. The molecule has 1 aliphatic carbocycles. The van der Waals surface area contributed by atoms with Crippen molar-refractivity contribution >= 4 is 0 Å². The van der Waals surface area contributed by atoms with E-state index in [0.717, 1.165) is 33.6 Å². The Morgan fingerprint density at radius 2 is 0.923 bits per heavy atom. The third-order valence-corrected chi connectivity index (χ3v) is 7.27. The van der Waals surface area contributed by atoms with Crippen molar-refractivity contribution in [2.24, 2.45) is 0 Å². The van der Waals surface area contributed by atoms with E-state index in [0.29, 0.717) is 22.5 Å². The minimum absolute atomic E-state index is 0.540. The Kier molecular flexibility index (Phi) is 5.33. The molecule has 6 aromatic rings. The van der Waals surface area contributed by atoms with E-state index < -0.39 is 17.3 Å². The summed E-state index contributed by atoms with van der Waals surface area (Å²) in [5.74, 6) is -1.08. The third kappa shape index (κ3) is 3.64. The van der Waals surface area contributed by atoms with Crippen LogP contribution >= 0.6 is 0 Å². The van der Waals surface area contributed by atoms with Crippen LogP contribution in [0, 0.1) is 11.9 Å². The predicted octanol–water partition coefficient (Wildman–Crippen LogP) is 7.24. The molecule has 0 radical (unpaired) electrons. The van der Waals surface area contributed by atoms with Gasteiger partial charge in [-0.25, -0.2) is 9.97 Å². The highest BCUT2D eigenvalue weighted by Gasteiger charge is 2.48. The molecule has 39 heavy (non-hydrogen) atoms. The van der Waals surface area contributed by atoms with E-state index in [9.17, 15) is 8.78 Å². The number of pyridine rings is 4. The quantitative estimate of drug-likeness (QED) is 0.234. The summed E-state index contributed by atoms with van der Waals surface area (Å²) < 4.78 is 27.2. The summed E-state index contributed by atoms with van der Waals surface area (Å²) in [6, 6.07) is 34.4. The Morgan fingerprint density at radius 3 is 1.36 bits per heavy atom. The first-order valence-electron chi connectivity index (χ1n) is 12.5. The molecule has 2 aromatic carbocycles. The van der Waals surface area contributed by atoms with Crippen molar-refractivity contribution in [2.75, 3.05) is 0 Å². The minimum atomic E-state index is -0.833. The molecule has 0 aliphatic heterocycles. The molecule has 1 aliphatic rings. The van der Waals surface area contributed by atoms with Crippen molar-refractivity contribution in [1.29, 1.82) is 0 Å². The highest BCUT2D eigenvalue weighted by atomic mass is 19.1. The highest BCUT2D eigenvalue weighted by molar-refractivity contribution is 5.85. The van der Waals surface area contributed by atoms with E-state index >= 15 is 0 Å². The molecule has 186 valence electrons. The van der Waals surface area contributed by atoms with E-state index in [1.807, 2.05) is 60.7 Å². The van der Waals surface area contributed by atoms with Crippen LogP contribution in [0.4, 0.5) is 8.78 Å². The van der Waals surface area contributed by atoms with Crippen molar-refractivity contribution in [3.05, 3.63) is 156 Å². The maximum atomic E-state index is 13.6. The maximum Gasteiger partial charge on any atom is 0.212 e. The number of hydrogen-bond acceptors (Lipinski definition) is 4. The highest BCUT2D eigenvalue weighted by Crippen LogP contribution is 2.55. The van der Waals surface area contributed by atoms with Crippen molar-refractivity contribution in [2.45, 2.75) is 5.41 Å². The molecule has 0 bridgehead atoms. The van der Waals surface area contributed by atoms with Crippen LogP contribution in [-0.4, -0.2) is 19.9 Å². The van der Waals surface area contributed by atoms with Gasteiger partial charge in [0.15, 0.2) is 0 Å². The second-order valence-electron chi connectivity index (χ2n) is 9.40. The fourth-order valence-corrected chi connectivity index (χ4v) is 5.58. The standard InChI is InChI=1S/C33H20F2N4/c34-31-17-15-21(19-36-31)27-11-5-13-29(38-27)33(25-9-3-1-7-23(25)24-8-2-4-10-26(24)33)30-14-6-12-28(39-30)22-16-18-32(35)37-20-22/h1-20H. The molecule has 0 spiro atoms. The fraction of sp³-hybridized carbons (Fsp3) is 0.0303. The van der Waals surface area contributed by atoms with Crippen molar-refractivity contribution in [3.8, 4) is 33.6 Å².